The zero-order valence-electron chi connectivity index (χ0n) is 16.9. The van der Waals surface area contributed by atoms with Gasteiger partial charge in [0, 0.05) is 23.3 Å². The molecule has 2 aromatic carbocycles. The second-order valence-electron chi connectivity index (χ2n) is 6.15. The number of hydrogen-bond donors (Lipinski definition) is 4. The molecule has 2 aromatic rings. The summed E-state index contributed by atoms with van der Waals surface area (Å²) in [4.78, 5) is 24.9. The number of hydroxylamine groups is 1. The number of benzene rings is 2. The molecule has 0 aliphatic heterocycles. The molecule has 0 heterocycles. The maximum absolute atomic E-state index is 13.9. The molecule has 2 rings (SSSR count). The Morgan fingerprint density at radius 1 is 1.23 bits per heavy atom. The fourth-order valence-electron chi connectivity index (χ4n) is 2.62. The van der Waals surface area contributed by atoms with E-state index in [1.807, 2.05) is 18.4 Å². The van der Waals surface area contributed by atoms with Crippen molar-refractivity contribution in [2.45, 2.75) is 24.0 Å². The summed E-state index contributed by atoms with van der Waals surface area (Å²) in [5.74, 6) is -2.30. The van der Waals surface area contributed by atoms with Crippen molar-refractivity contribution in [3.05, 3.63) is 66.0 Å². The van der Waals surface area contributed by atoms with Gasteiger partial charge in [0.1, 0.15) is 6.10 Å². The van der Waals surface area contributed by atoms with Gasteiger partial charge in [0.25, 0.3) is 5.91 Å². The third kappa shape index (κ3) is 7.28. The fraction of sp³-hybridized carbons (Fsp3) is 0.238. The van der Waals surface area contributed by atoms with Gasteiger partial charge in [-0.1, -0.05) is 6.07 Å². The van der Waals surface area contributed by atoms with E-state index in [0.717, 1.165) is 23.1 Å². The molecule has 2 amide bonds. The Balaban J connectivity index is 2.30. The third-order valence-corrected chi connectivity index (χ3v) is 4.82. The van der Waals surface area contributed by atoms with E-state index in [-0.39, 0.29) is 12.2 Å². The van der Waals surface area contributed by atoms with Gasteiger partial charge in [0.05, 0.1) is 0 Å². The van der Waals surface area contributed by atoms with Crippen molar-refractivity contribution in [3.8, 4) is 5.75 Å². The van der Waals surface area contributed by atoms with Gasteiger partial charge in [-0.15, -0.1) is 11.8 Å². The number of amides is 2. The highest BCUT2D eigenvalue weighted by molar-refractivity contribution is 7.98. The molecule has 0 radical (unpaired) electrons. The Kier molecular flexibility index (Phi) is 9.32. The summed E-state index contributed by atoms with van der Waals surface area (Å²) in [6, 6.07) is 10.6. The number of halogens is 1. The molecule has 0 spiro atoms. The quantitative estimate of drug-likeness (QED) is 0.197. The number of thioether (sulfide) groups is 1. The smallest absolute Gasteiger partial charge is 0.412 e. The van der Waals surface area contributed by atoms with Crippen molar-refractivity contribution < 1.29 is 33.8 Å². The zero-order valence-corrected chi connectivity index (χ0v) is 17.7. The second-order valence-corrected chi connectivity index (χ2v) is 7.03. The van der Waals surface area contributed by atoms with Crippen LogP contribution in [-0.2, 0) is 14.3 Å². The Hall–Kier alpha value is -3.08. The van der Waals surface area contributed by atoms with Crippen molar-refractivity contribution in [3.63, 3.8) is 0 Å². The summed E-state index contributed by atoms with van der Waals surface area (Å²) in [6.07, 6.45) is 1.20. The maximum Gasteiger partial charge on any atom is 0.412 e. The number of nitrogens with one attached hydrogen (secondary N) is 2. The van der Waals surface area contributed by atoms with Crippen LogP contribution in [0.5, 0.6) is 5.75 Å². The Morgan fingerprint density at radius 2 is 1.94 bits per heavy atom. The summed E-state index contributed by atoms with van der Waals surface area (Å²) in [7, 11) is 0. The first-order valence-electron chi connectivity index (χ1n) is 9.21. The molecule has 0 bridgehead atoms. The van der Waals surface area contributed by atoms with Crippen LogP contribution in [0.4, 0.5) is 14.9 Å². The Bertz CT molecular complexity index is 923. The SMILES string of the molecule is CCO[C@@H](/C=C/C(=O)NO)[C@@H](OC(=O)Nc1ccc(SC)cc1)c1ccc(O)c(F)c1. The number of carbonyl (C=O) groups is 2. The van der Waals surface area contributed by atoms with E-state index in [1.54, 1.807) is 30.8 Å². The van der Waals surface area contributed by atoms with Crippen LogP contribution in [0.1, 0.15) is 18.6 Å². The third-order valence-electron chi connectivity index (χ3n) is 4.08. The number of hydrogen-bond acceptors (Lipinski definition) is 7. The molecule has 0 saturated heterocycles. The monoisotopic (exact) mass is 450 g/mol. The molecule has 4 N–H and O–H groups in total. The lowest BCUT2D eigenvalue weighted by molar-refractivity contribution is -0.124. The first kappa shape index (κ1) is 24.2. The Labute approximate surface area is 183 Å². The molecule has 166 valence electrons. The van der Waals surface area contributed by atoms with Gasteiger partial charge in [-0.3, -0.25) is 15.3 Å². The molecule has 0 fully saturated rings. The second kappa shape index (κ2) is 11.9. The molecule has 31 heavy (non-hydrogen) atoms. The highest BCUT2D eigenvalue weighted by atomic mass is 32.2. The number of aromatic hydroxyl groups is 1. The van der Waals surface area contributed by atoms with Crippen LogP contribution in [0.25, 0.3) is 0 Å². The fourth-order valence-corrected chi connectivity index (χ4v) is 3.03. The van der Waals surface area contributed by atoms with Crippen LogP contribution in [-0.4, -0.2) is 41.3 Å². The standard InChI is InChI=1S/C21H23FN2O6S/c1-3-29-18(10-11-19(26)24-28)20(13-4-9-17(25)16(22)12-13)30-21(27)23-14-5-7-15(31-2)8-6-14/h4-12,18,20,25,28H,3H2,1-2H3,(H,23,27)(H,24,26)/b11-10+/t18-,20-/m0/s1. The lowest BCUT2D eigenvalue weighted by Crippen LogP contribution is -2.28. The van der Waals surface area contributed by atoms with E-state index >= 15 is 0 Å². The minimum atomic E-state index is -1.16. The van der Waals surface area contributed by atoms with Crippen LogP contribution in [0.2, 0.25) is 0 Å². The van der Waals surface area contributed by atoms with Crippen molar-refractivity contribution >= 4 is 29.4 Å². The number of carbonyl (C=O) groups excluding carboxylic acids is 2. The summed E-state index contributed by atoms with van der Waals surface area (Å²) >= 11 is 1.55. The maximum atomic E-state index is 13.9. The summed E-state index contributed by atoms with van der Waals surface area (Å²) in [5.41, 5.74) is 2.12. The zero-order chi connectivity index (χ0) is 22.8. The Morgan fingerprint density at radius 3 is 2.52 bits per heavy atom. The number of anilines is 1. The van der Waals surface area contributed by atoms with Gasteiger partial charge in [0.2, 0.25) is 0 Å². The minimum Gasteiger partial charge on any atom is -0.505 e. The van der Waals surface area contributed by atoms with Crippen LogP contribution >= 0.6 is 11.8 Å². The molecule has 8 nitrogen and oxygen atoms in total. The van der Waals surface area contributed by atoms with Gasteiger partial charge < -0.3 is 14.6 Å². The lowest BCUT2D eigenvalue weighted by atomic mass is 10.0. The molecular weight excluding hydrogens is 427 g/mol. The van der Waals surface area contributed by atoms with Gasteiger partial charge in [-0.2, -0.15) is 0 Å². The topological polar surface area (TPSA) is 117 Å². The first-order chi connectivity index (χ1) is 14.9. The van der Waals surface area contributed by atoms with Gasteiger partial charge in [-0.05, 0) is 61.2 Å². The van der Waals surface area contributed by atoms with Crippen molar-refractivity contribution in [1.29, 1.82) is 0 Å². The lowest BCUT2D eigenvalue weighted by Gasteiger charge is -2.25. The van der Waals surface area contributed by atoms with E-state index in [4.69, 9.17) is 14.7 Å². The van der Waals surface area contributed by atoms with E-state index in [1.165, 1.54) is 17.6 Å². The average Bonchev–Trinajstić information content (AvgIpc) is 2.77. The first-order valence-corrected chi connectivity index (χ1v) is 10.4. The summed E-state index contributed by atoms with van der Waals surface area (Å²) < 4.78 is 25.0. The van der Waals surface area contributed by atoms with Gasteiger partial charge in [-0.25, -0.2) is 14.7 Å². The molecule has 0 unspecified atom stereocenters. The summed E-state index contributed by atoms with van der Waals surface area (Å²) in [5, 5.41) is 20.7. The van der Waals surface area contributed by atoms with Crippen LogP contribution in [0, 0.1) is 5.82 Å². The summed E-state index contributed by atoms with van der Waals surface area (Å²) in [6.45, 7) is 1.88. The molecule has 0 aliphatic carbocycles. The van der Waals surface area contributed by atoms with E-state index in [9.17, 15) is 19.1 Å². The molecule has 0 saturated carbocycles. The highest BCUT2D eigenvalue weighted by Crippen LogP contribution is 2.29. The van der Waals surface area contributed by atoms with E-state index in [2.05, 4.69) is 5.32 Å². The van der Waals surface area contributed by atoms with Crippen molar-refractivity contribution in [1.82, 2.24) is 5.48 Å². The molecular formula is C21H23FN2O6S. The minimum absolute atomic E-state index is 0.188. The normalized spacial score (nSPS) is 12.9. The predicted octanol–water partition coefficient (Wildman–Crippen LogP) is 4.01. The predicted molar refractivity (Wildman–Crippen MR) is 114 cm³/mol. The number of phenolic OH excluding ortho intramolecular Hbond substituents is 1. The van der Waals surface area contributed by atoms with E-state index in [0.29, 0.717) is 5.69 Å². The number of phenols is 1. The van der Waals surface area contributed by atoms with Gasteiger partial charge >= 0.3 is 6.09 Å². The average molecular weight is 450 g/mol. The van der Waals surface area contributed by atoms with Crippen LogP contribution < -0.4 is 10.8 Å². The number of rotatable bonds is 9. The number of ether oxygens (including phenoxy) is 2. The molecule has 0 aliphatic rings. The van der Waals surface area contributed by atoms with Gasteiger partial charge in [0.15, 0.2) is 17.7 Å². The van der Waals surface area contributed by atoms with Crippen molar-refractivity contribution in [2.24, 2.45) is 0 Å². The van der Waals surface area contributed by atoms with Crippen LogP contribution in [0.15, 0.2) is 59.5 Å². The van der Waals surface area contributed by atoms with Crippen molar-refractivity contribution in [2.75, 3.05) is 18.2 Å². The molecule has 2 atom stereocenters. The van der Waals surface area contributed by atoms with Crippen LogP contribution in [0.3, 0.4) is 0 Å². The molecule has 10 heteroatoms. The largest absolute Gasteiger partial charge is 0.505 e. The van der Waals surface area contributed by atoms with E-state index < -0.39 is 35.8 Å². The molecule has 0 aromatic heterocycles. The highest BCUT2D eigenvalue weighted by Gasteiger charge is 2.27.